The van der Waals surface area contributed by atoms with Gasteiger partial charge in [-0.05, 0) is 13.8 Å². The lowest BCUT2D eigenvalue weighted by Crippen LogP contribution is -2.41. The van der Waals surface area contributed by atoms with Crippen molar-refractivity contribution in [2.24, 2.45) is 0 Å². The first-order chi connectivity index (χ1) is 4.54. The monoisotopic (exact) mass is 176 g/mol. The zero-order valence-electron chi connectivity index (χ0n) is 6.09. The van der Waals surface area contributed by atoms with Crippen molar-refractivity contribution in [2.45, 2.75) is 19.6 Å². The molecule has 0 amide bonds. The molecule has 0 radical (unpaired) electrons. The summed E-state index contributed by atoms with van der Waals surface area (Å²) in [5, 5.41) is 0. The summed E-state index contributed by atoms with van der Waals surface area (Å²) in [7, 11) is 0. The third-order valence-electron chi connectivity index (χ3n) is 1.64. The molecule has 1 aliphatic rings. The summed E-state index contributed by atoms with van der Waals surface area (Å²) in [5.74, 6) is 0. The Kier molecular flexibility index (Phi) is 2.12. The van der Waals surface area contributed by atoms with E-state index < -0.39 is 0 Å². The highest BCUT2D eigenvalue weighted by atomic mass is 32.1. The fourth-order valence-corrected chi connectivity index (χ4v) is 1.67. The van der Waals surface area contributed by atoms with Crippen LogP contribution in [0.5, 0.6) is 0 Å². The van der Waals surface area contributed by atoms with Crippen molar-refractivity contribution in [1.29, 1.82) is 0 Å². The van der Waals surface area contributed by atoms with Gasteiger partial charge in [0.2, 0.25) is 0 Å². The smallest absolute Gasteiger partial charge is 0.134 e. The van der Waals surface area contributed by atoms with Crippen LogP contribution >= 0.6 is 12.2 Å². The average Bonchev–Trinajstić information content (AvgIpc) is 2.08. The molecule has 2 nitrogen and oxygen atoms in total. The molecular weight excluding hydrogens is 166 g/mol. The molecule has 0 aromatic rings. The fraction of sp³-hybridized carbons (Fsp3) is 0.833. The van der Waals surface area contributed by atoms with Crippen LogP contribution in [-0.4, -0.2) is 28.1 Å². The van der Waals surface area contributed by atoms with E-state index in [1.54, 1.807) is 0 Å². The second kappa shape index (κ2) is 2.60. The van der Waals surface area contributed by atoms with Crippen LogP contribution in [0.4, 0.5) is 0 Å². The van der Waals surface area contributed by atoms with E-state index in [4.69, 9.17) is 29.6 Å². The van der Waals surface area contributed by atoms with Crippen molar-refractivity contribution in [1.82, 2.24) is 4.90 Å². The van der Waals surface area contributed by atoms with E-state index >= 15 is 0 Å². The Morgan fingerprint density at radius 3 is 2.50 bits per heavy atom. The number of ether oxygens (including phenoxy) is 1. The molecule has 0 saturated carbocycles. The van der Waals surface area contributed by atoms with Gasteiger partial charge >= 0.3 is 0 Å². The Morgan fingerprint density at radius 1 is 1.70 bits per heavy atom. The second-order valence-electron chi connectivity index (χ2n) is 2.71. The molecule has 58 valence electrons. The molecule has 1 heterocycles. The van der Waals surface area contributed by atoms with Crippen molar-refractivity contribution in [2.75, 3.05) is 13.2 Å². The minimum atomic E-state index is -0.279. The number of thiocarbonyl (C=S) groups is 1. The molecule has 1 aliphatic heterocycles. The quantitative estimate of drug-likeness (QED) is 0.401. The van der Waals surface area contributed by atoms with Crippen molar-refractivity contribution in [3.05, 3.63) is 0 Å². The van der Waals surface area contributed by atoms with Gasteiger partial charge in [-0.3, -0.25) is 0 Å². The average molecular weight is 176 g/mol. The van der Waals surface area contributed by atoms with Crippen LogP contribution in [0, 0.1) is 0 Å². The maximum atomic E-state index is 5.39. The minimum absolute atomic E-state index is 0.279. The fourth-order valence-electron chi connectivity index (χ4n) is 1.04. The number of hydrogen-bond donors (Lipinski definition) is 0. The van der Waals surface area contributed by atoms with E-state index in [2.05, 4.69) is 0 Å². The lowest BCUT2D eigenvalue weighted by Gasteiger charge is -2.34. The molecule has 0 unspecified atom stereocenters. The first-order valence-corrected chi connectivity index (χ1v) is 3.98. The van der Waals surface area contributed by atoms with E-state index in [0.29, 0.717) is 4.32 Å². The van der Waals surface area contributed by atoms with Gasteiger partial charge in [-0.25, -0.2) is 0 Å². The van der Waals surface area contributed by atoms with Gasteiger partial charge in [-0.1, -0.05) is 4.32 Å². The predicted molar refractivity (Wildman–Crippen MR) is 46.7 cm³/mol. The summed E-state index contributed by atoms with van der Waals surface area (Å²) in [5.41, 5.74) is -0.279. The Bertz CT molecular complexity index is 158. The SMILES string of the molecule is CC1(C)OCCN1C(=S)[S-]. The molecule has 0 atom stereocenters. The van der Waals surface area contributed by atoms with E-state index in [1.165, 1.54) is 0 Å². The standard InChI is InChI=1S/C6H11NOS2/c1-6(2)7(5(9)10)3-4-8-6/h3-4H2,1-2H3,(H,9,10)/p-1. The molecule has 0 spiro atoms. The summed E-state index contributed by atoms with van der Waals surface area (Å²) in [6, 6.07) is 0. The molecule has 4 heteroatoms. The van der Waals surface area contributed by atoms with Crippen LogP contribution < -0.4 is 0 Å². The third-order valence-corrected chi connectivity index (χ3v) is 2.08. The molecule has 0 aliphatic carbocycles. The van der Waals surface area contributed by atoms with Crippen LogP contribution in [-0.2, 0) is 17.4 Å². The maximum Gasteiger partial charge on any atom is 0.134 e. The van der Waals surface area contributed by atoms with Crippen molar-refractivity contribution >= 4 is 29.2 Å². The second-order valence-corrected chi connectivity index (χ2v) is 3.74. The van der Waals surface area contributed by atoms with Gasteiger partial charge in [-0.2, -0.15) is 0 Å². The highest BCUT2D eigenvalue weighted by molar-refractivity contribution is 8.00. The van der Waals surface area contributed by atoms with Gasteiger partial charge in [0.25, 0.3) is 0 Å². The van der Waals surface area contributed by atoms with E-state index in [1.807, 2.05) is 18.7 Å². The minimum Gasteiger partial charge on any atom is -0.411 e. The van der Waals surface area contributed by atoms with Gasteiger partial charge < -0.3 is 34.5 Å². The number of nitrogens with zero attached hydrogens (tertiary/aromatic N) is 1. The lowest BCUT2D eigenvalue weighted by atomic mass is 10.3. The molecule has 1 fully saturated rings. The third kappa shape index (κ3) is 1.38. The highest BCUT2D eigenvalue weighted by Crippen LogP contribution is 2.21. The van der Waals surface area contributed by atoms with Gasteiger partial charge in [-0.15, -0.1) is 0 Å². The molecule has 0 aromatic carbocycles. The predicted octanol–water partition coefficient (Wildman–Crippen LogP) is 0.887. The summed E-state index contributed by atoms with van der Waals surface area (Å²) in [4.78, 5) is 1.91. The van der Waals surface area contributed by atoms with Gasteiger partial charge in [0, 0.05) is 6.54 Å². The largest absolute Gasteiger partial charge is 0.411 e. The number of hydrogen-bond acceptors (Lipinski definition) is 3. The summed E-state index contributed by atoms with van der Waals surface area (Å²) in [6.07, 6.45) is 0. The normalized spacial score (nSPS) is 23.2. The molecule has 0 bridgehead atoms. The van der Waals surface area contributed by atoms with E-state index in [9.17, 15) is 0 Å². The zero-order valence-corrected chi connectivity index (χ0v) is 7.72. The Hall–Kier alpha value is 0.0700. The molecule has 1 rings (SSSR count). The Morgan fingerprint density at radius 2 is 2.30 bits per heavy atom. The van der Waals surface area contributed by atoms with Gasteiger partial charge in [0.15, 0.2) is 0 Å². The van der Waals surface area contributed by atoms with E-state index in [0.717, 1.165) is 13.2 Å². The lowest BCUT2D eigenvalue weighted by molar-refractivity contribution is -0.0186. The first-order valence-electron chi connectivity index (χ1n) is 3.16. The molecule has 10 heavy (non-hydrogen) atoms. The van der Waals surface area contributed by atoms with E-state index in [-0.39, 0.29) is 5.72 Å². The topological polar surface area (TPSA) is 12.5 Å². The van der Waals surface area contributed by atoms with Crippen LogP contribution in [0.25, 0.3) is 0 Å². The molecular formula is C6H10NOS2-. The first kappa shape index (κ1) is 8.17. The van der Waals surface area contributed by atoms with Crippen LogP contribution in [0.2, 0.25) is 0 Å². The summed E-state index contributed by atoms with van der Waals surface area (Å²) >= 11 is 9.73. The van der Waals surface area contributed by atoms with Crippen molar-refractivity contribution in [3.63, 3.8) is 0 Å². The maximum absolute atomic E-state index is 5.39. The van der Waals surface area contributed by atoms with Crippen molar-refractivity contribution < 1.29 is 4.74 Å². The van der Waals surface area contributed by atoms with Crippen LogP contribution in [0.1, 0.15) is 13.8 Å². The van der Waals surface area contributed by atoms with Gasteiger partial charge in [0.1, 0.15) is 5.72 Å². The molecule has 0 N–H and O–H groups in total. The Labute approximate surface area is 71.9 Å². The summed E-state index contributed by atoms with van der Waals surface area (Å²) in [6.45, 7) is 5.50. The summed E-state index contributed by atoms with van der Waals surface area (Å²) < 4.78 is 5.89. The number of rotatable bonds is 0. The van der Waals surface area contributed by atoms with Crippen molar-refractivity contribution in [3.8, 4) is 0 Å². The zero-order chi connectivity index (χ0) is 7.78. The van der Waals surface area contributed by atoms with Gasteiger partial charge in [0.05, 0.1) is 6.61 Å². The molecule has 1 saturated heterocycles. The highest BCUT2D eigenvalue weighted by Gasteiger charge is 2.30. The van der Waals surface area contributed by atoms with Crippen LogP contribution in [0.15, 0.2) is 0 Å². The van der Waals surface area contributed by atoms with Crippen LogP contribution in [0.3, 0.4) is 0 Å². The molecule has 0 aromatic heterocycles. The Balaban J connectivity index is 2.68.